The summed E-state index contributed by atoms with van der Waals surface area (Å²) in [5, 5.41) is 0. The molecule has 0 radical (unpaired) electrons. The van der Waals surface area contributed by atoms with E-state index >= 15 is 0 Å². The van der Waals surface area contributed by atoms with Crippen molar-refractivity contribution in [3.8, 4) is 0 Å². The zero-order valence-electron chi connectivity index (χ0n) is 11.4. The number of carbonyl (C=O) groups is 1. The summed E-state index contributed by atoms with van der Waals surface area (Å²) >= 11 is 0. The second-order valence-electron chi connectivity index (χ2n) is 5.62. The minimum atomic E-state index is -0.477. The van der Waals surface area contributed by atoms with Crippen LogP contribution < -0.4 is 0 Å². The van der Waals surface area contributed by atoms with Crippen molar-refractivity contribution in [2.24, 2.45) is 10.9 Å². The maximum Gasteiger partial charge on any atom is 0.303 e. The Hall–Kier alpha value is -0.860. The van der Waals surface area contributed by atoms with Crippen molar-refractivity contribution in [3.05, 3.63) is 0 Å². The molecule has 98 valence electrons. The van der Waals surface area contributed by atoms with Crippen molar-refractivity contribution in [2.75, 3.05) is 6.54 Å². The van der Waals surface area contributed by atoms with E-state index in [0.717, 1.165) is 12.3 Å². The zero-order valence-corrected chi connectivity index (χ0v) is 11.4. The fourth-order valence-electron chi connectivity index (χ4n) is 2.35. The molecule has 0 spiro atoms. The van der Waals surface area contributed by atoms with Crippen LogP contribution in [0.25, 0.3) is 0 Å². The topological polar surface area (TPSA) is 38.7 Å². The average Bonchev–Trinajstić information content (AvgIpc) is 2.24. The lowest BCUT2D eigenvalue weighted by atomic mass is 9.87. The fourth-order valence-corrected chi connectivity index (χ4v) is 2.35. The second-order valence-corrected chi connectivity index (χ2v) is 5.62. The Kier molecular flexibility index (Phi) is 5.66. The highest BCUT2D eigenvalue weighted by molar-refractivity contribution is 5.66. The van der Waals surface area contributed by atoms with E-state index in [9.17, 15) is 4.79 Å². The fraction of sp³-hybridized carbons (Fsp3) is 0.857. The molecular formula is C14H25NO2. The smallest absolute Gasteiger partial charge is 0.303 e. The van der Waals surface area contributed by atoms with Gasteiger partial charge in [0.25, 0.3) is 0 Å². The molecule has 0 N–H and O–H groups in total. The Balaban J connectivity index is 2.22. The molecule has 17 heavy (non-hydrogen) atoms. The van der Waals surface area contributed by atoms with Crippen molar-refractivity contribution in [2.45, 2.75) is 64.9 Å². The number of esters is 1. The second kappa shape index (κ2) is 6.77. The summed E-state index contributed by atoms with van der Waals surface area (Å²) in [5.41, 5.74) is -0.477. The van der Waals surface area contributed by atoms with E-state index in [2.05, 4.69) is 4.99 Å². The first-order valence-corrected chi connectivity index (χ1v) is 6.67. The van der Waals surface area contributed by atoms with Crippen LogP contribution in [0.15, 0.2) is 4.99 Å². The molecule has 0 atom stereocenters. The minimum absolute atomic E-state index is 0.238. The third kappa shape index (κ3) is 6.44. The van der Waals surface area contributed by atoms with Crippen LogP contribution in [0, 0.1) is 5.92 Å². The van der Waals surface area contributed by atoms with Gasteiger partial charge in [0.05, 0.1) is 6.54 Å². The predicted molar refractivity (Wildman–Crippen MR) is 70.4 cm³/mol. The molecule has 0 aromatic rings. The Morgan fingerprint density at radius 1 is 1.35 bits per heavy atom. The van der Waals surface area contributed by atoms with Gasteiger partial charge in [0, 0.05) is 6.92 Å². The summed E-state index contributed by atoms with van der Waals surface area (Å²) in [6.07, 6.45) is 9.93. The van der Waals surface area contributed by atoms with Gasteiger partial charge in [0.15, 0.2) is 0 Å². The first kappa shape index (κ1) is 14.2. The van der Waals surface area contributed by atoms with Gasteiger partial charge in [-0.25, -0.2) is 0 Å². The monoisotopic (exact) mass is 239 g/mol. The normalized spacial score (nSPS) is 18.5. The summed E-state index contributed by atoms with van der Waals surface area (Å²) in [6, 6.07) is 0. The molecule has 1 aliphatic rings. The van der Waals surface area contributed by atoms with Gasteiger partial charge < -0.3 is 4.74 Å². The van der Waals surface area contributed by atoms with Crippen LogP contribution in [0.4, 0.5) is 0 Å². The quantitative estimate of drug-likeness (QED) is 0.545. The Labute approximate surface area is 105 Å². The van der Waals surface area contributed by atoms with Crippen LogP contribution in [0.5, 0.6) is 0 Å². The Morgan fingerprint density at radius 3 is 2.59 bits per heavy atom. The van der Waals surface area contributed by atoms with Gasteiger partial charge in [-0.3, -0.25) is 9.79 Å². The minimum Gasteiger partial charge on any atom is -0.458 e. The summed E-state index contributed by atoms with van der Waals surface area (Å²) < 4.78 is 5.18. The molecule has 0 amide bonds. The van der Waals surface area contributed by atoms with Crippen molar-refractivity contribution in [1.29, 1.82) is 0 Å². The van der Waals surface area contributed by atoms with Gasteiger partial charge in [-0.1, -0.05) is 32.1 Å². The van der Waals surface area contributed by atoms with E-state index in [1.54, 1.807) is 0 Å². The third-order valence-electron chi connectivity index (χ3n) is 3.18. The Morgan fingerprint density at radius 2 is 2.00 bits per heavy atom. The molecule has 1 saturated carbocycles. The van der Waals surface area contributed by atoms with Crippen LogP contribution in [0.3, 0.4) is 0 Å². The molecule has 1 rings (SSSR count). The van der Waals surface area contributed by atoms with Crippen molar-refractivity contribution < 1.29 is 9.53 Å². The summed E-state index contributed by atoms with van der Waals surface area (Å²) in [4.78, 5) is 15.3. The molecule has 1 aliphatic carbocycles. The molecule has 1 fully saturated rings. The highest BCUT2D eigenvalue weighted by Crippen LogP contribution is 2.25. The number of hydrogen-bond acceptors (Lipinski definition) is 3. The molecule has 3 heteroatoms. The molecule has 3 nitrogen and oxygen atoms in total. The first-order chi connectivity index (χ1) is 7.99. The number of aliphatic imine (C=N–C) groups is 1. The molecule has 0 aromatic carbocycles. The lowest BCUT2D eigenvalue weighted by Crippen LogP contribution is -2.30. The van der Waals surface area contributed by atoms with Crippen molar-refractivity contribution >= 4 is 12.2 Å². The van der Waals surface area contributed by atoms with Crippen LogP contribution in [0.2, 0.25) is 0 Å². The van der Waals surface area contributed by atoms with Gasteiger partial charge in [-0.05, 0) is 32.4 Å². The predicted octanol–water partition coefficient (Wildman–Crippen LogP) is 3.37. The van der Waals surface area contributed by atoms with Gasteiger partial charge in [0.2, 0.25) is 0 Å². The molecule has 0 aromatic heterocycles. The lowest BCUT2D eigenvalue weighted by molar-refractivity contribution is -0.152. The maximum atomic E-state index is 10.9. The van der Waals surface area contributed by atoms with Gasteiger partial charge >= 0.3 is 5.97 Å². The molecule has 0 saturated heterocycles. The number of ether oxygens (including phenoxy) is 1. The van der Waals surface area contributed by atoms with E-state index in [1.807, 2.05) is 20.1 Å². The van der Waals surface area contributed by atoms with Crippen LogP contribution in [0.1, 0.15) is 59.3 Å². The van der Waals surface area contributed by atoms with Crippen LogP contribution in [-0.2, 0) is 9.53 Å². The van der Waals surface area contributed by atoms with Gasteiger partial charge in [-0.15, -0.1) is 0 Å². The SMILES string of the molecule is CC(=O)OC(C)(C)CN=CCC1CCCCC1. The standard InChI is InChI=1S/C14H25NO2/c1-12(16)17-14(2,3)11-15-10-9-13-7-5-4-6-8-13/h10,13H,4-9,11H2,1-3H3. The van der Waals surface area contributed by atoms with E-state index in [1.165, 1.54) is 39.0 Å². The molecular weight excluding hydrogens is 214 g/mol. The van der Waals surface area contributed by atoms with Crippen LogP contribution in [-0.4, -0.2) is 24.3 Å². The number of nitrogens with zero attached hydrogens (tertiary/aromatic N) is 1. The summed E-state index contributed by atoms with van der Waals surface area (Å²) in [5.74, 6) is 0.585. The van der Waals surface area contributed by atoms with Crippen molar-refractivity contribution in [3.63, 3.8) is 0 Å². The number of hydrogen-bond donors (Lipinski definition) is 0. The van der Waals surface area contributed by atoms with E-state index < -0.39 is 5.60 Å². The zero-order chi connectivity index (χ0) is 12.7. The van der Waals surface area contributed by atoms with Crippen molar-refractivity contribution in [1.82, 2.24) is 0 Å². The van der Waals surface area contributed by atoms with Gasteiger partial charge in [-0.2, -0.15) is 0 Å². The molecule has 0 aliphatic heterocycles. The average molecular weight is 239 g/mol. The largest absolute Gasteiger partial charge is 0.458 e. The van der Waals surface area contributed by atoms with E-state index in [0.29, 0.717) is 6.54 Å². The molecule has 0 unspecified atom stereocenters. The van der Waals surface area contributed by atoms with Crippen LogP contribution >= 0.6 is 0 Å². The van der Waals surface area contributed by atoms with Gasteiger partial charge in [0.1, 0.15) is 5.60 Å². The summed E-state index contributed by atoms with van der Waals surface area (Å²) in [7, 11) is 0. The highest BCUT2D eigenvalue weighted by Gasteiger charge is 2.20. The van der Waals surface area contributed by atoms with E-state index in [-0.39, 0.29) is 5.97 Å². The maximum absolute atomic E-state index is 10.9. The number of carbonyl (C=O) groups excluding carboxylic acids is 1. The molecule has 0 bridgehead atoms. The lowest BCUT2D eigenvalue weighted by Gasteiger charge is -2.22. The number of rotatable bonds is 5. The van der Waals surface area contributed by atoms with E-state index in [4.69, 9.17) is 4.74 Å². The first-order valence-electron chi connectivity index (χ1n) is 6.67. The highest BCUT2D eigenvalue weighted by atomic mass is 16.6. The summed E-state index contributed by atoms with van der Waals surface area (Å²) in [6.45, 7) is 5.78. The third-order valence-corrected chi connectivity index (χ3v) is 3.18. The molecule has 0 heterocycles. The Bertz CT molecular complexity index is 265.